The van der Waals surface area contributed by atoms with E-state index in [-0.39, 0.29) is 10.8 Å². The second-order valence-corrected chi connectivity index (χ2v) is 16.1. The lowest BCUT2D eigenvalue weighted by Gasteiger charge is -2.31. The van der Waals surface area contributed by atoms with Gasteiger partial charge < -0.3 is 9.47 Å². The van der Waals surface area contributed by atoms with Crippen LogP contribution in [0.1, 0.15) is 51.3 Å². The van der Waals surface area contributed by atoms with Crippen LogP contribution in [0.2, 0.25) is 0 Å². The van der Waals surface area contributed by atoms with Crippen LogP contribution in [0, 0.1) is 0 Å². The highest BCUT2D eigenvalue weighted by atomic mass is 16.6. The fourth-order valence-electron chi connectivity index (χ4n) is 8.64. The molecule has 0 unspecified atom stereocenters. The van der Waals surface area contributed by atoms with Crippen molar-refractivity contribution in [2.75, 3.05) is 13.2 Å². The monoisotopic (exact) mass is 676 g/mol. The van der Waals surface area contributed by atoms with Gasteiger partial charge in [0.05, 0.1) is 0 Å². The molecular formula is C50H44O2. The van der Waals surface area contributed by atoms with Crippen LogP contribution in [0.15, 0.2) is 140 Å². The molecule has 0 fully saturated rings. The second kappa shape index (κ2) is 12.3. The highest BCUT2D eigenvalue weighted by molar-refractivity contribution is 6.11. The number of benzene rings is 8. The summed E-state index contributed by atoms with van der Waals surface area (Å²) in [5.41, 5.74) is 8.69. The lowest BCUT2D eigenvalue weighted by molar-refractivity contribution is 0.173. The zero-order valence-corrected chi connectivity index (χ0v) is 30.7. The van der Waals surface area contributed by atoms with Crippen molar-refractivity contribution >= 4 is 43.1 Å². The molecule has 0 bridgehead atoms. The summed E-state index contributed by atoms with van der Waals surface area (Å²) in [5.74, 6) is 1.68. The van der Waals surface area contributed by atoms with Gasteiger partial charge in [-0.1, -0.05) is 168 Å². The first kappa shape index (κ1) is 32.3. The van der Waals surface area contributed by atoms with E-state index in [1.54, 1.807) is 0 Å². The average Bonchev–Trinajstić information content (AvgIpc) is 3.15. The van der Waals surface area contributed by atoms with Gasteiger partial charge in [0, 0.05) is 5.56 Å². The molecule has 0 saturated heterocycles. The fraction of sp³-hybridized carbons (Fsp3) is 0.200. The Balaban J connectivity index is 1.26. The Morgan fingerprint density at radius 2 is 1.04 bits per heavy atom. The van der Waals surface area contributed by atoms with Gasteiger partial charge in [-0.2, -0.15) is 0 Å². The van der Waals surface area contributed by atoms with Crippen molar-refractivity contribution in [2.45, 2.75) is 51.9 Å². The van der Waals surface area contributed by atoms with E-state index >= 15 is 0 Å². The van der Waals surface area contributed by atoms with Crippen LogP contribution in [0.4, 0.5) is 0 Å². The van der Waals surface area contributed by atoms with Crippen LogP contribution < -0.4 is 9.47 Å². The Labute approximate surface area is 306 Å². The zero-order valence-electron chi connectivity index (χ0n) is 30.7. The summed E-state index contributed by atoms with van der Waals surface area (Å²) in [6.07, 6.45) is 0.880. The topological polar surface area (TPSA) is 18.5 Å². The Morgan fingerprint density at radius 1 is 0.462 bits per heavy atom. The molecule has 0 aromatic heterocycles. The maximum absolute atomic E-state index is 6.50. The minimum atomic E-state index is -0.179. The molecule has 2 nitrogen and oxygen atoms in total. The quantitative estimate of drug-likeness (QED) is 0.181. The van der Waals surface area contributed by atoms with Gasteiger partial charge in [-0.25, -0.2) is 0 Å². The molecule has 8 aromatic rings. The van der Waals surface area contributed by atoms with Gasteiger partial charge in [-0.3, -0.25) is 0 Å². The smallest absolute Gasteiger partial charge is 0.169 e. The lowest BCUT2D eigenvalue weighted by Crippen LogP contribution is -2.22. The van der Waals surface area contributed by atoms with E-state index in [1.165, 1.54) is 71.1 Å². The third kappa shape index (κ3) is 5.40. The molecule has 9 rings (SSSR count). The first-order chi connectivity index (χ1) is 25.2. The van der Waals surface area contributed by atoms with Crippen molar-refractivity contribution in [2.24, 2.45) is 0 Å². The number of ether oxygens (including phenoxy) is 2. The molecule has 8 aromatic carbocycles. The predicted molar refractivity (Wildman–Crippen MR) is 220 cm³/mol. The fourth-order valence-corrected chi connectivity index (χ4v) is 8.64. The third-order valence-corrected chi connectivity index (χ3v) is 11.1. The van der Waals surface area contributed by atoms with Crippen LogP contribution in [-0.4, -0.2) is 13.2 Å². The molecule has 52 heavy (non-hydrogen) atoms. The lowest BCUT2D eigenvalue weighted by atomic mass is 9.73. The maximum Gasteiger partial charge on any atom is 0.169 e. The summed E-state index contributed by atoms with van der Waals surface area (Å²) in [4.78, 5) is 0. The van der Waals surface area contributed by atoms with E-state index in [4.69, 9.17) is 9.47 Å². The normalized spacial score (nSPS) is 13.3. The molecule has 1 aliphatic rings. The van der Waals surface area contributed by atoms with E-state index in [1.807, 2.05) is 0 Å². The molecule has 0 amide bonds. The summed E-state index contributed by atoms with van der Waals surface area (Å²) in [6, 6.07) is 51.5. The Hall–Kier alpha value is -5.60. The van der Waals surface area contributed by atoms with Crippen molar-refractivity contribution in [3.05, 3.63) is 156 Å². The van der Waals surface area contributed by atoms with Crippen molar-refractivity contribution in [3.63, 3.8) is 0 Å². The SMILES string of the molecule is CC(C)(C)c1ccc2ccc(CC(C)(C)c3ccc4ccccc4c3-c3cccc4ccccc34)cc2c1-c1c2c(cc3ccccc13)OCCO2. The van der Waals surface area contributed by atoms with Gasteiger partial charge in [0.2, 0.25) is 0 Å². The van der Waals surface area contributed by atoms with Crippen molar-refractivity contribution in [1.82, 2.24) is 0 Å². The largest absolute Gasteiger partial charge is 0.486 e. The van der Waals surface area contributed by atoms with Crippen molar-refractivity contribution in [1.29, 1.82) is 0 Å². The molecule has 0 radical (unpaired) electrons. The van der Waals surface area contributed by atoms with Gasteiger partial charge in [-0.05, 0) is 99.8 Å². The number of rotatable bonds is 5. The van der Waals surface area contributed by atoms with Gasteiger partial charge in [0.15, 0.2) is 11.5 Å². The van der Waals surface area contributed by atoms with Gasteiger partial charge >= 0.3 is 0 Å². The standard InChI is InChI=1S/C50H44O2/c1-49(2,3)42-25-23-35-22-21-32(29-41(35)46(42)47-39-19-11-8-15-36(39)30-44-48(47)52-28-27-51-44)31-50(4,5)43-26-24-34-14-7-10-18-38(34)45(43)40-20-12-16-33-13-6-9-17-37(33)40/h6-26,29-30H,27-28,31H2,1-5H3. The maximum atomic E-state index is 6.50. The van der Waals surface area contributed by atoms with Gasteiger partial charge in [0.1, 0.15) is 13.2 Å². The Morgan fingerprint density at radius 3 is 1.79 bits per heavy atom. The summed E-state index contributed by atoms with van der Waals surface area (Å²) < 4.78 is 12.7. The van der Waals surface area contributed by atoms with E-state index in [9.17, 15) is 0 Å². The van der Waals surface area contributed by atoms with Crippen LogP contribution in [0.5, 0.6) is 11.5 Å². The molecule has 0 aliphatic carbocycles. The molecule has 1 heterocycles. The van der Waals surface area contributed by atoms with Crippen molar-refractivity contribution < 1.29 is 9.47 Å². The zero-order chi connectivity index (χ0) is 35.6. The van der Waals surface area contributed by atoms with Gasteiger partial charge in [0.25, 0.3) is 0 Å². The highest BCUT2D eigenvalue weighted by Crippen LogP contribution is 2.51. The number of hydrogen-bond donors (Lipinski definition) is 0. The van der Waals surface area contributed by atoms with E-state index < -0.39 is 0 Å². The molecule has 1 aliphatic heterocycles. The van der Waals surface area contributed by atoms with Crippen LogP contribution in [0.25, 0.3) is 65.3 Å². The molecule has 0 atom stereocenters. The van der Waals surface area contributed by atoms with Crippen LogP contribution in [0.3, 0.4) is 0 Å². The summed E-state index contributed by atoms with van der Waals surface area (Å²) in [5, 5.41) is 9.93. The Kier molecular flexibility index (Phi) is 7.63. The van der Waals surface area contributed by atoms with Crippen LogP contribution >= 0.6 is 0 Å². The average molecular weight is 677 g/mol. The van der Waals surface area contributed by atoms with E-state index in [0.717, 1.165) is 28.9 Å². The molecule has 2 heteroatoms. The third-order valence-electron chi connectivity index (χ3n) is 11.1. The first-order valence-electron chi connectivity index (χ1n) is 18.6. The summed E-state index contributed by atoms with van der Waals surface area (Å²) in [7, 11) is 0. The minimum absolute atomic E-state index is 0.101. The molecular weight excluding hydrogens is 633 g/mol. The molecule has 0 spiro atoms. The summed E-state index contributed by atoms with van der Waals surface area (Å²) in [6.45, 7) is 12.9. The highest BCUT2D eigenvalue weighted by Gasteiger charge is 2.30. The van der Waals surface area contributed by atoms with Crippen LogP contribution in [-0.2, 0) is 17.3 Å². The van der Waals surface area contributed by atoms with E-state index in [2.05, 4.69) is 174 Å². The molecule has 0 saturated carbocycles. The Bertz CT molecular complexity index is 2670. The minimum Gasteiger partial charge on any atom is -0.486 e. The first-order valence-corrected chi connectivity index (χ1v) is 18.6. The second-order valence-electron chi connectivity index (χ2n) is 16.1. The summed E-state index contributed by atoms with van der Waals surface area (Å²) >= 11 is 0. The van der Waals surface area contributed by atoms with E-state index in [0.29, 0.717) is 13.2 Å². The predicted octanol–water partition coefficient (Wildman–Crippen LogP) is 13.2. The van der Waals surface area contributed by atoms with Crippen molar-refractivity contribution in [3.8, 4) is 33.8 Å². The molecule has 0 N–H and O–H groups in total. The number of hydrogen-bond acceptors (Lipinski definition) is 2. The number of fused-ring (bicyclic) bond motifs is 5. The van der Waals surface area contributed by atoms with Gasteiger partial charge in [-0.15, -0.1) is 0 Å². The molecule has 256 valence electrons.